The van der Waals surface area contributed by atoms with Gasteiger partial charge in [-0.1, -0.05) is 0 Å². The minimum absolute atomic E-state index is 0.0374. The van der Waals surface area contributed by atoms with Crippen LogP contribution in [0.25, 0.3) is 0 Å². The van der Waals surface area contributed by atoms with Gasteiger partial charge in [0.2, 0.25) is 0 Å². The average Bonchev–Trinajstić information content (AvgIpc) is 2.72. The highest BCUT2D eigenvalue weighted by molar-refractivity contribution is 5.96. The number of aryl methyl sites for hydroxylation is 1. The summed E-state index contributed by atoms with van der Waals surface area (Å²) in [5.74, 6) is 0.188. The maximum absolute atomic E-state index is 11.8. The van der Waals surface area contributed by atoms with E-state index in [0.717, 1.165) is 6.42 Å². The molecule has 0 N–H and O–H groups in total. The van der Waals surface area contributed by atoms with Crippen LogP contribution in [0.4, 0.5) is 0 Å². The molecule has 0 saturated carbocycles. The SMILES string of the molecule is Cn1nccc1C(=O)C1CCOC1. The van der Waals surface area contributed by atoms with Crippen molar-refractivity contribution in [3.63, 3.8) is 0 Å². The first kappa shape index (κ1) is 8.44. The number of carbonyl (C=O) groups is 1. The summed E-state index contributed by atoms with van der Waals surface area (Å²) in [7, 11) is 1.78. The number of ketones is 1. The molecule has 1 aromatic heterocycles. The van der Waals surface area contributed by atoms with Crippen LogP contribution in [0.2, 0.25) is 0 Å². The van der Waals surface area contributed by atoms with Gasteiger partial charge in [-0.05, 0) is 12.5 Å². The van der Waals surface area contributed by atoms with Crippen molar-refractivity contribution in [3.05, 3.63) is 18.0 Å². The molecule has 0 aromatic carbocycles. The molecule has 0 spiro atoms. The van der Waals surface area contributed by atoms with Crippen LogP contribution in [0.15, 0.2) is 12.3 Å². The van der Waals surface area contributed by atoms with E-state index in [1.807, 2.05) is 0 Å². The van der Waals surface area contributed by atoms with Crippen molar-refractivity contribution in [1.29, 1.82) is 0 Å². The van der Waals surface area contributed by atoms with Gasteiger partial charge in [-0.3, -0.25) is 9.48 Å². The smallest absolute Gasteiger partial charge is 0.186 e. The lowest BCUT2D eigenvalue weighted by Crippen LogP contribution is -2.17. The molecular formula is C9H12N2O2. The summed E-state index contributed by atoms with van der Waals surface area (Å²) in [6.07, 6.45) is 2.48. The third-order valence-corrected chi connectivity index (χ3v) is 2.37. The van der Waals surface area contributed by atoms with Crippen LogP contribution in [-0.2, 0) is 11.8 Å². The molecule has 0 radical (unpaired) electrons. The second-order valence-electron chi connectivity index (χ2n) is 3.26. The molecule has 1 atom stereocenters. The fourth-order valence-electron chi connectivity index (χ4n) is 1.57. The van der Waals surface area contributed by atoms with Gasteiger partial charge in [0.1, 0.15) is 5.69 Å². The van der Waals surface area contributed by atoms with Crippen molar-refractivity contribution in [2.24, 2.45) is 13.0 Å². The fourth-order valence-corrected chi connectivity index (χ4v) is 1.57. The van der Waals surface area contributed by atoms with Crippen molar-refractivity contribution in [2.75, 3.05) is 13.2 Å². The monoisotopic (exact) mass is 180 g/mol. The van der Waals surface area contributed by atoms with Crippen LogP contribution >= 0.6 is 0 Å². The van der Waals surface area contributed by atoms with Crippen molar-refractivity contribution >= 4 is 5.78 Å². The highest BCUT2D eigenvalue weighted by atomic mass is 16.5. The lowest BCUT2D eigenvalue weighted by Gasteiger charge is -2.05. The number of carbonyl (C=O) groups excluding carboxylic acids is 1. The van der Waals surface area contributed by atoms with Crippen LogP contribution in [-0.4, -0.2) is 28.8 Å². The topological polar surface area (TPSA) is 44.1 Å². The minimum Gasteiger partial charge on any atom is -0.381 e. The van der Waals surface area contributed by atoms with Gasteiger partial charge in [-0.2, -0.15) is 5.10 Å². The van der Waals surface area contributed by atoms with Gasteiger partial charge < -0.3 is 4.74 Å². The van der Waals surface area contributed by atoms with Gasteiger partial charge in [0.15, 0.2) is 5.78 Å². The summed E-state index contributed by atoms with van der Waals surface area (Å²) >= 11 is 0. The number of Topliss-reactive ketones (excluding diaryl/α,β-unsaturated/α-hetero) is 1. The molecule has 4 nitrogen and oxygen atoms in total. The molecule has 1 saturated heterocycles. The summed E-state index contributed by atoms with van der Waals surface area (Å²) in [5, 5.41) is 3.96. The van der Waals surface area contributed by atoms with Crippen LogP contribution < -0.4 is 0 Å². The van der Waals surface area contributed by atoms with Gasteiger partial charge in [0.05, 0.1) is 6.61 Å². The molecule has 1 aromatic rings. The maximum Gasteiger partial charge on any atom is 0.186 e. The van der Waals surface area contributed by atoms with Crippen molar-refractivity contribution < 1.29 is 9.53 Å². The summed E-state index contributed by atoms with van der Waals surface area (Å²) in [5.41, 5.74) is 0.676. The van der Waals surface area contributed by atoms with Gasteiger partial charge in [-0.15, -0.1) is 0 Å². The standard InChI is InChI=1S/C9H12N2O2/c1-11-8(2-4-10-11)9(12)7-3-5-13-6-7/h2,4,7H,3,5-6H2,1H3. The van der Waals surface area contributed by atoms with E-state index >= 15 is 0 Å². The third-order valence-electron chi connectivity index (χ3n) is 2.37. The summed E-state index contributed by atoms with van der Waals surface area (Å²) in [6, 6.07) is 1.75. The van der Waals surface area contributed by atoms with Gasteiger partial charge in [0.25, 0.3) is 0 Å². The van der Waals surface area contributed by atoms with Crippen LogP contribution in [0.5, 0.6) is 0 Å². The Hall–Kier alpha value is -1.16. The number of hydrogen-bond donors (Lipinski definition) is 0. The Kier molecular flexibility index (Phi) is 2.14. The minimum atomic E-state index is 0.0374. The Morgan fingerprint density at radius 3 is 3.15 bits per heavy atom. The molecule has 0 aliphatic carbocycles. The number of hydrogen-bond acceptors (Lipinski definition) is 3. The molecule has 2 heterocycles. The Bertz CT molecular complexity index is 313. The average molecular weight is 180 g/mol. The molecule has 1 aliphatic heterocycles. The number of ether oxygens (including phenoxy) is 1. The zero-order valence-corrected chi connectivity index (χ0v) is 7.56. The Morgan fingerprint density at radius 2 is 2.62 bits per heavy atom. The zero-order chi connectivity index (χ0) is 9.26. The van der Waals surface area contributed by atoms with Crippen molar-refractivity contribution in [2.45, 2.75) is 6.42 Å². The molecule has 70 valence electrons. The summed E-state index contributed by atoms with van der Waals surface area (Å²) < 4.78 is 6.78. The second kappa shape index (κ2) is 3.30. The summed E-state index contributed by atoms with van der Waals surface area (Å²) in [4.78, 5) is 11.8. The highest BCUT2D eigenvalue weighted by Gasteiger charge is 2.26. The normalized spacial score (nSPS) is 22.1. The molecule has 1 fully saturated rings. The number of aromatic nitrogens is 2. The molecule has 13 heavy (non-hydrogen) atoms. The van der Waals surface area contributed by atoms with E-state index in [-0.39, 0.29) is 11.7 Å². The number of nitrogens with zero attached hydrogens (tertiary/aromatic N) is 2. The van der Waals surface area contributed by atoms with Crippen molar-refractivity contribution in [3.8, 4) is 0 Å². The second-order valence-corrected chi connectivity index (χ2v) is 3.26. The predicted molar refractivity (Wildman–Crippen MR) is 46.5 cm³/mol. The maximum atomic E-state index is 11.8. The Labute approximate surface area is 76.5 Å². The molecule has 2 rings (SSSR count). The van der Waals surface area contributed by atoms with Crippen molar-refractivity contribution in [1.82, 2.24) is 9.78 Å². The third kappa shape index (κ3) is 1.49. The molecular weight excluding hydrogens is 168 g/mol. The van der Waals surface area contributed by atoms with E-state index in [4.69, 9.17) is 4.74 Å². The van der Waals surface area contributed by atoms with Gasteiger partial charge in [-0.25, -0.2) is 0 Å². The Morgan fingerprint density at radius 1 is 1.77 bits per heavy atom. The van der Waals surface area contributed by atoms with Crippen LogP contribution in [0.1, 0.15) is 16.9 Å². The first-order valence-corrected chi connectivity index (χ1v) is 4.39. The fraction of sp³-hybridized carbons (Fsp3) is 0.556. The van der Waals surface area contributed by atoms with E-state index in [9.17, 15) is 4.79 Å². The van der Waals surface area contributed by atoms with E-state index in [2.05, 4.69) is 5.10 Å². The lowest BCUT2D eigenvalue weighted by molar-refractivity contribution is 0.0890. The zero-order valence-electron chi connectivity index (χ0n) is 7.56. The number of rotatable bonds is 2. The molecule has 4 heteroatoms. The predicted octanol–water partition coefficient (Wildman–Crippen LogP) is 0.639. The largest absolute Gasteiger partial charge is 0.381 e. The molecule has 0 amide bonds. The van der Waals surface area contributed by atoms with E-state index in [1.165, 1.54) is 0 Å². The molecule has 0 bridgehead atoms. The van der Waals surface area contributed by atoms with E-state index in [1.54, 1.807) is 24.0 Å². The van der Waals surface area contributed by atoms with E-state index in [0.29, 0.717) is 18.9 Å². The summed E-state index contributed by atoms with van der Waals surface area (Å²) in [6.45, 7) is 1.26. The molecule has 1 aliphatic rings. The van der Waals surface area contributed by atoms with Crippen LogP contribution in [0.3, 0.4) is 0 Å². The first-order chi connectivity index (χ1) is 6.29. The highest BCUT2D eigenvalue weighted by Crippen LogP contribution is 2.17. The lowest BCUT2D eigenvalue weighted by atomic mass is 10.0. The van der Waals surface area contributed by atoms with E-state index < -0.39 is 0 Å². The Balaban J connectivity index is 2.17. The first-order valence-electron chi connectivity index (χ1n) is 4.39. The quantitative estimate of drug-likeness (QED) is 0.627. The van der Waals surface area contributed by atoms with Gasteiger partial charge >= 0.3 is 0 Å². The van der Waals surface area contributed by atoms with Gasteiger partial charge in [0, 0.05) is 25.8 Å². The molecule has 1 unspecified atom stereocenters. The van der Waals surface area contributed by atoms with Crippen LogP contribution in [0, 0.1) is 5.92 Å².